The van der Waals surface area contributed by atoms with Gasteiger partial charge in [-0.1, -0.05) is 42.5 Å². The third-order valence-corrected chi connectivity index (χ3v) is 5.00. The largest absolute Gasteiger partial charge is 0.355 e. The first-order valence-corrected chi connectivity index (χ1v) is 9.15. The Balaban J connectivity index is 1.49. The normalized spacial score (nSPS) is 10.6. The molecule has 0 aliphatic carbocycles. The number of nitrogens with one attached hydrogen (secondary N) is 2. The molecule has 2 N–H and O–H groups in total. The maximum atomic E-state index is 12.7. The number of aromatic nitrogens is 1. The predicted octanol–water partition coefficient (Wildman–Crippen LogP) is 4.97. The van der Waals surface area contributed by atoms with E-state index < -0.39 is 0 Å². The molecule has 1 heterocycles. The van der Waals surface area contributed by atoms with Crippen molar-refractivity contribution in [3.8, 4) is 0 Å². The molecular weight excluding hydrogens is 342 g/mol. The summed E-state index contributed by atoms with van der Waals surface area (Å²) in [6, 6.07) is 25.3. The minimum Gasteiger partial charge on any atom is -0.355 e. The van der Waals surface area contributed by atoms with Gasteiger partial charge in [-0.15, -0.1) is 11.3 Å². The van der Waals surface area contributed by atoms with Crippen LogP contribution in [0.3, 0.4) is 0 Å². The standard InChI is InChI=1S/C21H17N3OS/c25-21(22-14-20-24-18-12-6-7-13-19(18)26-20)16-10-4-5-11-17(16)23-15-8-2-1-3-9-15/h1-13,23H,14H2,(H,22,25). The van der Waals surface area contributed by atoms with Crippen LogP contribution in [0.4, 0.5) is 11.4 Å². The number of fused-ring (bicyclic) bond motifs is 1. The highest BCUT2D eigenvalue weighted by atomic mass is 32.1. The molecule has 0 fully saturated rings. The summed E-state index contributed by atoms with van der Waals surface area (Å²) in [7, 11) is 0. The van der Waals surface area contributed by atoms with E-state index in [4.69, 9.17) is 0 Å². The minimum atomic E-state index is -0.122. The molecule has 0 aliphatic rings. The van der Waals surface area contributed by atoms with Crippen LogP contribution in [0.25, 0.3) is 10.2 Å². The first-order chi connectivity index (χ1) is 12.8. The van der Waals surface area contributed by atoms with Crippen LogP contribution in [0.5, 0.6) is 0 Å². The van der Waals surface area contributed by atoms with Crippen LogP contribution in [0.1, 0.15) is 15.4 Å². The number of hydrogen-bond acceptors (Lipinski definition) is 4. The summed E-state index contributed by atoms with van der Waals surface area (Å²) in [6.45, 7) is 0.415. The summed E-state index contributed by atoms with van der Waals surface area (Å²) in [4.78, 5) is 17.2. The van der Waals surface area contributed by atoms with Crippen molar-refractivity contribution in [2.75, 3.05) is 5.32 Å². The third-order valence-electron chi connectivity index (χ3n) is 3.96. The van der Waals surface area contributed by atoms with Gasteiger partial charge >= 0.3 is 0 Å². The average molecular weight is 359 g/mol. The van der Waals surface area contributed by atoms with Crippen molar-refractivity contribution in [2.24, 2.45) is 0 Å². The number of rotatable bonds is 5. The van der Waals surface area contributed by atoms with Crippen LogP contribution in [0.15, 0.2) is 78.9 Å². The summed E-state index contributed by atoms with van der Waals surface area (Å²) in [5.74, 6) is -0.122. The van der Waals surface area contributed by atoms with Crippen LogP contribution in [-0.4, -0.2) is 10.9 Å². The summed E-state index contributed by atoms with van der Waals surface area (Å²) in [5, 5.41) is 7.17. The molecule has 1 amide bonds. The zero-order chi connectivity index (χ0) is 17.8. The number of anilines is 2. The Morgan fingerprint density at radius 3 is 2.46 bits per heavy atom. The molecule has 128 valence electrons. The molecule has 0 spiro atoms. The zero-order valence-electron chi connectivity index (χ0n) is 14.0. The second-order valence-electron chi connectivity index (χ2n) is 5.79. The van der Waals surface area contributed by atoms with Crippen LogP contribution in [0, 0.1) is 0 Å². The maximum absolute atomic E-state index is 12.7. The lowest BCUT2D eigenvalue weighted by Crippen LogP contribution is -2.23. The molecule has 5 heteroatoms. The monoisotopic (exact) mass is 359 g/mol. The fourth-order valence-electron chi connectivity index (χ4n) is 2.71. The SMILES string of the molecule is O=C(NCc1nc2ccccc2s1)c1ccccc1Nc1ccccc1. The number of amides is 1. The number of benzene rings is 3. The lowest BCUT2D eigenvalue weighted by Gasteiger charge is -2.11. The first-order valence-electron chi connectivity index (χ1n) is 8.33. The van der Waals surface area contributed by atoms with E-state index in [0.717, 1.165) is 26.6 Å². The minimum absolute atomic E-state index is 0.122. The molecule has 26 heavy (non-hydrogen) atoms. The number of hydrogen-bond donors (Lipinski definition) is 2. The summed E-state index contributed by atoms with van der Waals surface area (Å²) < 4.78 is 1.13. The fraction of sp³-hybridized carbons (Fsp3) is 0.0476. The van der Waals surface area contributed by atoms with E-state index in [0.29, 0.717) is 12.1 Å². The van der Waals surface area contributed by atoms with E-state index in [1.165, 1.54) is 0 Å². The number of para-hydroxylation sites is 3. The van der Waals surface area contributed by atoms with Gasteiger partial charge in [-0.3, -0.25) is 4.79 Å². The molecule has 4 rings (SSSR count). The van der Waals surface area contributed by atoms with Gasteiger partial charge < -0.3 is 10.6 Å². The van der Waals surface area contributed by atoms with Crippen molar-refractivity contribution < 1.29 is 4.79 Å². The van der Waals surface area contributed by atoms with E-state index in [9.17, 15) is 4.79 Å². The molecule has 4 aromatic rings. The molecule has 0 saturated heterocycles. The summed E-state index contributed by atoms with van der Waals surface area (Å²) >= 11 is 1.60. The van der Waals surface area contributed by atoms with Gasteiger partial charge in [0.15, 0.2) is 0 Å². The Bertz CT molecular complexity index is 1010. The highest BCUT2D eigenvalue weighted by Gasteiger charge is 2.12. The van der Waals surface area contributed by atoms with Crippen LogP contribution < -0.4 is 10.6 Å². The molecule has 0 saturated carbocycles. The van der Waals surface area contributed by atoms with Crippen molar-refractivity contribution in [3.05, 3.63) is 89.4 Å². The van der Waals surface area contributed by atoms with E-state index in [2.05, 4.69) is 15.6 Å². The van der Waals surface area contributed by atoms with Crippen molar-refractivity contribution in [3.63, 3.8) is 0 Å². The highest BCUT2D eigenvalue weighted by molar-refractivity contribution is 7.18. The molecule has 4 nitrogen and oxygen atoms in total. The molecule has 0 bridgehead atoms. The van der Waals surface area contributed by atoms with Gasteiger partial charge in [0, 0.05) is 5.69 Å². The number of carbonyl (C=O) groups excluding carboxylic acids is 1. The van der Waals surface area contributed by atoms with Gasteiger partial charge in [0.25, 0.3) is 5.91 Å². The topological polar surface area (TPSA) is 54.0 Å². The molecule has 0 atom stereocenters. The van der Waals surface area contributed by atoms with Crippen molar-refractivity contribution in [1.82, 2.24) is 10.3 Å². The number of thiazole rings is 1. The Hall–Kier alpha value is -3.18. The highest BCUT2D eigenvalue weighted by Crippen LogP contribution is 2.23. The van der Waals surface area contributed by atoms with E-state index >= 15 is 0 Å². The molecule has 0 radical (unpaired) electrons. The number of nitrogens with zero attached hydrogens (tertiary/aromatic N) is 1. The first kappa shape index (κ1) is 16.3. The average Bonchev–Trinajstić information content (AvgIpc) is 3.10. The lowest BCUT2D eigenvalue weighted by atomic mass is 10.1. The summed E-state index contributed by atoms with van der Waals surface area (Å²) in [5.41, 5.74) is 3.30. The second-order valence-corrected chi connectivity index (χ2v) is 6.91. The van der Waals surface area contributed by atoms with Crippen LogP contribution >= 0.6 is 11.3 Å². The van der Waals surface area contributed by atoms with Crippen LogP contribution in [0.2, 0.25) is 0 Å². The quantitative estimate of drug-likeness (QED) is 0.529. The Morgan fingerprint density at radius 1 is 0.885 bits per heavy atom. The summed E-state index contributed by atoms with van der Waals surface area (Å²) in [6.07, 6.45) is 0. The van der Waals surface area contributed by atoms with E-state index in [1.54, 1.807) is 11.3 Å². The van der Waals surface area contributed by atoms with E-state index in [1.807, 2.05) is 78.9 Å². The number of carbonyl (C=O) groups is 1. The molecule has 0 unspecified atom stereocenters. The van der Waals surface area contributed by atoms with Gasteiger partial charge in [-0.2, -0.15) is 0 Å². The van der Waals surface area contributed by atoms with Gasteiger partial charge in [-0.05, 0) is 36.4 Å². The predicted molar refractivity (Wildman–Crippen MR) is 107 cm³/mol. The molecular formula is C21H17N3OS. The Labute approximate surface area is 155 Å². The lowest BCUT2D eigenvalue weighted by molar-refractivity contribution is 0.0951. The van der Waals surface area contributed by atoms with Gasteiger partial charge in [0.2, 0.25) is 0 Å². The van der Waals surface area contributed by atoms with Crippen LogP contribution in [-0.2, 0) is 6.54 Å². The van der Waals surface area contributed by atoms with Crippen molar-refractivity contribution in [2.45, 2.75) is 6.54 Å². The smallest absolute Gasteiger partial charge is 0.253 e. The van der Waals surface area contributed by atoms with Gasteiger partial charge in [0.1, 0.15) is 5.01 Å². The maximum Gasteiger partial charge on any atom is 0.253 e. The third kappa shape index (κ3) is 3.58. The zero-order valence-corrected chi connectivity index (χ0v) is 14.8. The van der Waals surface area contributed by atoms with Crippen molar-refractivity contribution >= 4 is 38.8 Å². The van der Waals surface area contributed by atoms with Gasteiger partial charge in [0.05, 0.1) is 28.0 Å². The molecule has 3 aromatic carbocycles. The second kappa shape index (κ2) is 7.37. The fourth-order valence-corrected chi connectivity index (χ4v) is 3.62. The Morgan fingerprint density at radius 2 is 1.62 bits per heavy atom. The van der Waals surface area contributed by atoms with Crippen molar-refractivity contribution in [1.29, 1.82) is 0 Å². The van der Waals surface area contributed by atoms with Gasteiger partial charge in [-0.25, -0.2) is 4.98 Å². The molecule has 1 aromatic heterocycles. The Kier molecular flexibility index (Phi) is 4.62. The van der Waals surface area contributed by atoms with E-state index in [-0.39, 0.29) is 5.91 Å². The molecule has 0 aliphatic heterocycles.